The van der Waals surface area contributed by atoms with Gasteiger partial charge in [0.1, 0.15) is 10.7 Å². The summed E-state index contributed by atoms with van der Waals surface area (Å²) in [5, 5.41) is 3.25. The Morgan fingerprint density at radius 1 is 1.11 bits per heavy atom. The van der Waals surface area contributed by atoms with E-state index < -0.39 is 27.6 Å². The average molecular weight is 509 g/mol. The molecule has 11 heteroatoms. The second-order valence-corrected chi connectivity index (χ2v) is 10.1. The van der Waals surface area contributed by atoms with Crippen LogP contribution in [0.5, 0.6) is 0 Å². The number of hydrogen-bond acceptors (Lipinski definition) is 5. The summed E-state index contributed by atoms with van der Waals surface area (Å²) in [6.07, 6.45) is -3.54. The van der Waals surface area contributed by atoms with E-state index in [1.165, 1.54) is 48.5 Å². The number of anilines is 1. The molecule has 0 aliphatic carbocycles. The number of pyridine rings is 1. The van der Waals surface area contributed by atoms with E-state index in [1.54, 1.807) is 0 Å². The van der Waals surface area contributed by atoms with E-state index in [4.69, 9.17) is 0 Å². The molecule has 0 amide bonds. The van der Waals surface area contributed by atoms with Gasteiger partial charge in [-0.15, -0.1) is 0 Å². The zero-order valence-electron chi connectivity index (χ0n) is 18.8. The number of nitrogens with one attached hydrogen (secondary N) is 2. The van der Waals surface area contributed by atoms with Crippen LogP contribution < -0.4 is 10.0 Å². The summed E-state index contributed by atoms with van der Waals surface area (Å²) in [6, 6.07) is 11.9. The van der Waals surface area contributed by atoms with Crippen molar-refractivity contribution in [2.24, 2.45) is 0 Å². The van der Waals surface area contributed by atoms with Gasteiger partial charge in [-0.05, 0) is 61.0 Å². The van der Waals surface area contributed by atoms with E-state index in [0.717, 1.165) is 12.3 Å². The molecule has 1 fully saturated rings. The molecular weight excluding hydrogens is 484 g/mol. The highest BCUT2D eigenvalue weighted by molar-refractivity contribution is 7.92. The molecule has 0 saturated carbocycles. The van der Waals surface area contributed by atoms with Gasteiger partial charge < -0.3 is 5.32 Å². The van der Waals surface area contributed by atoms with Gasteiger partial charge in [0.15, 0.2) is 0 Å². The number of benzene rings is 2. The Morgan fingerprint density at radius 3 is 2.49 bits per heavy atom. The van der Waals surface area contributed by atoms with Crippen LogP contribution >= 0.6 is 0 Å². The topological polar surface area (TPSA) is 74.3 Å². The maximum absolute atomic E-state index is 13.8. The number of rotatable bonds is 6. The standard InChI is InChI=1S/C24H24F4N4O2S/c1-16-14-32(11-10-29-16)15-18-4-7-20(12-22(18)24(26,27)28)31-35(33,34)21-8-9-23(30-13-21)17-2-5-19(25)6-3-17/h2-9,12-13,16,29,31H,10-11,14-15H2,1H3. The predicted octanol–water partition coefficient (Wildman–Crippen LogP) is 4.50. The first-order valence-electron chi connectivity index (χ1n) is 10.9. The zero-order chi connectivity index (χ0) is 25.2. The Balaban J connectivity index is 1.55. The number of sulfonamides is 1. The third kappa shape index (κ3) is 6.16. The Bertz CT molecular complexity index is 1280. The van der Waals surface area contributed by atoms with Crippen molar-refractivity contribution in [3.63, 3.8) is 0 Å². The Kier molecular flexibility index (Phi) is 7.11. The monoisotopic (exact) mass is 508 g/mol. The van der Waals surface area contributed by atoms with Gasteiger partial charge in [0.05, 0.1) is 11.3 Å². The predicted molar refractivity (Wildman–Crippen MR) is 125 cm³/mol. The van der Waals surface area contributed by atoms with E-state index in [0.29, 0.717) is 30.9 Å². The number of alkyl halides is 3. The summed E-state index contributed by atoms with van der Waals surface area (Å²) < 4.78 is 82.3. The lowest BCUT2D eigenvalue weighted by Crippen LogP contribution is -2.48. The quantitative estimate of drug-likeness (QED) is 0.480. The van der Waals surface area contributed by atoms with Crippen molar-refractivity contribution >= 4 is 15.7 Å². The summed E-state index contributed by atoms with van der Waals surface area (Å²) in [7, 11) is -4.19. The van der Waals surface area contributed by atoms with E-state index in [1.807, 2.05) is 11.8 Å². The summed E-state index contributed by atoms with van der Waals surface area (Å²) in [4.78, 5) is 5.82. The van der Waals surface area contributed by atoms with Gasteiger partial charge in [0.25, 0.3) is 10.0 Å². The lowest BCUT2D eigenvalue weighted by molar-refractivity contribution is -0.138. The van der Waals surface area contributed by atoms with Crippen LogP contribution in [-0.4, -0.2) is 44.0 Å². The van der Waals surface area contributed by atoms with Gasteiger partial charge in [0.2, 0.25) is 0 Å². The second kappa shape index (κ2) is 9.92. The van der Waals surface area contributed by atoms with E-state index in [-0.39, 0.29) is 28.7 Å². The third-order valence-electron chi connectivity index (χ3n) is 5.70. The minimum absolute atomic E-state index is 0.0832. The smallest absolute Gasteiger partial charge is 0.312 e. The van der Waals surface area contributed by atoms with Gasteiger partial charge >= 0.3 is 6.18 Å². The molecule has 2 aromatic carbocycles. The van der Waals surface area contributed by atoms with E-state index >= 15 is 0 Å². The highest BCUT2D eigenvalue weighted by atomic mass is 32.2. The number of halogens is 4. The molecule has 1 saturated heterocycles. The molecule has 3 aromatic rings. The van der Waals surface area contributed by atoms with Crippen LogP contribution in [0.2, 0.25) is 0 Å². The number of nitrogens with zero attached hydrogens (tertiary/aromatic N) is 2. The fourth-order valence-electron chi connectivity index (χ4n) is 3.98. The summed E-state index contributed by atoms with van der Waals surface area (Å²) >= 11 is 0. The minimum Gasteiger partial charge on any atom is -0.312 e. The van der Waals surface area contributed by atoms with E-state index in [9.17, 15) is 26.0 Å². The van der Waals surface area contributed by atoms with E-state index in [2.05, 4.69) is 15.0 Å². The Hall–Kier alpha value is -3.02. The highest BCUT2D eigenvalue weighted by Gasteiger charge is 2.34. The SMILES string of the molecule is CC1CN(Cc2ccc(NS(=O)(=O)c3ccc(-c4ccc(F)cc4)nc3)cc2C(F)(F)F)CCN1. The van der Waals surface area contributed by atoms with Crippen LogP contribution in [0.15, 0.2) is 65.7 Å². The zero-order valence-corrected chi connectivity index (χ0v) is 19.6. The fourth-order valence-corrected chi connectivity index (χ4v) is 4.98. The molecule has 1 atom stereocenters. The first-order valence-corrected chi connectivity index (χ1v) is 12.4. The third-order valence-corrected chi connectivity index (χ3v) is 7.07. The maximum atomic E-state index is 13.8. The van der Waals surface area contributed by atoms with Gasteiger partial charge in [-0.2, -0.15) is 13.2 Å². The van der Waals surface area contributed by atoms with Crippen molar-refractivity contribution in [3.05, 3.63) is 77.7 Å². The maximum Gasteiger partial charge on any atom is 0.416 e. The number of aromatic nitrogens is 1. The molecule has 186 valence electrons. The van der Waals surface area contributed by atoms with Gasteiger partial charge in [-0.3, -0.25) is 14.6 Å². The lowest BCUT2D eigenvalue weighted by atomic mass is 10.0. The first-order chi connectivity index (χ1) is 16.5. The molecule has 0 spiro atoms. The molecule has 1 unspecified atom stereocenters. The summed E-state index contributed by atoms with van der Waals surface area (Å²) in [6.45, 7) is 4.01. The molecule has 0 bridgehead atoms. The minimum atomic E-state index is -4.64. The Labute approximate surface area is 201 Å². The van der Waals surface area contributed by atoms with Gasteiger partial charge in [0, 0.05) is 49.7 Å². The van der Waals surface area contributed by atoms with Crippen molar-refractivity contribution in [2.45, 2.75) is 30.6 Å². The van der Waals surface area contributed by atoms with Crippen LogP contribution in [0.1, 0.15) is 18.1 Å². The van der Waals surface area contributed by atoms with Crippen LogP contribution in [0.25, 0.3) is 11.3 Å². The summed E-state index contributed by atoms with van der Waals surface area (Å²) in [5.41, 5.74) is 0.0217. The second-order valence-electron chi connectivity index (χ2n) is 8.45. The number of hydrogen-bond donors (Lipinski definition) is 2. The largest absolute Gasteiger partial charge is 0.416 e. The van der Waals surface area contributed by atoms with Crippen molar-refractivity contribution in [3.8, 4) is 11.3 Å². The summed E-state index contributed by atoms with van der Waals surface area (Å²) in [5.74, 6) is -0.413. The molecule has 0 radical (unpaired) electrons. The van der Waals surface area contributed by atoms with Crippen LogP contribution in [-0.2, 0) is 22.7 Å². The van der Waals surface area contributed by atoms with Crippen LogP contribution in [0.3, 0.4) is 0 Å². The van der Waals surface area contributed by atoms with Gasteiger partial charge in [-0.1, -0.05) is 6.07 Å². The molecule has 2 heterocycles. The first kappa shape index (κ1) is 25.1. The van der Waals surface area contributed by atoms with Crippen molar-refractivity contribution < 1.29 is 26.0 Å². The van der Waals surface area contributed by atoms with Crippen molar-refractivity contribution in [1.29, 1.82) is 0 Å². The molecular formula is C24H24F4N4O2S. The lowest BCUT2D eigenvalue weighted by Gasteiger charge is -2.32. The fraction of sp³-hybridized carbons (Fsp3) is 0.292. The molecule has 1 aliphatic rings. The Morgan fingerprint density at radius 2 is 1.86 bits per heavy atom. The molecule has 35 heavy (non-hydrogen) atoms. The van der Waals surface area contributed by atoms with Crippen molar-refractivity contribution in [2.75, 3.05) is 24.4 Å². The number of piperazine rings is 1. The normalized spacial score (nSPS) is 17.3. The van der Waals surface area contributed by atoms with Crippen LogP contribution in [0.4, 0.5) is 23.2 Å². The average Bonchev–Trinajstić information content (AvgIpc) is 2.80. The molecule has 1 aromatic heterocycles. The molecule has 1 aliphatic heterocycles. The van der Waals surface area contributed by atoms with Crippen molar-refractivity contribution in [1.82, 2.24) is 15.2 Å². The highest BCUT2D eigenvalue weighted by Crippen LogP contribution is 2.35. The molecule has 6 nitrogen and oxygen atoms in total. The van der Waals surface area contributed by atoms with Gasteiger partial charge in [-0.25, -0.2) is 12.8 Å². The van der Waals surface area contributed by atoms with Crippen LogP contribution in [0, 0.1) is 5.82 Å². The molecule has 2 N–H and O–H groups in total. The molecule has 4 rings (SSSR count).